The van der Waals surface area contributed by atoms with E-state index in [0.29, 0.717) is 47.7 Å². The summed E-state index contributed by atoms with van der Waals surface area (Å²) in [6.07, 6.45) is 4.35. The first-order chi connectivity index (χ1) is 29.0. The number of nitrogens with one attached hydrogen (secondary N) is 3. The molecule has 0 radical (unpaired) electrons. The maximum atomic E-state index is 13.2. The Hall–Kier alpha value is -5.83. The van der Waals surface area contributed by atoms with E-state index in [9.17, 15) is 28.8 Å². The van der Waals surface area contributed by atoms with Crippen molar-refractivity contribution >= 4 is 51.2 Å². The van der Waals surface area contributed by atoms with Gasteiger partial charge in [-0.1, -0.05) is 23.4 Å². The van der Waals surface area contributed by atoms with Gasteiger partial charge in [-0.15, -0.1) is 5.10 Å². The van der Waals surface area contributed by atoms with Crippen LogP contribution >= 0.6 is 15.9 Å². The molecule has 19 nitrogen and oxygen atoms in total. The summed E-state index contributed by atoms with van der Waals surface area (Å²) < 4.78 is 20.5. The smallest absolute Gasteiger partial charge is 0.282 e. The monoisotopic (exact) mass is 888 g/mol. The van der Waals surface area contributed by atoms with E-state index in [2.05, 4.69) is 59.2 Å². The number of hydrogen-bond donors (Lipinski definition) is 3. The number of rotatable bonds is 17. The third-order valence-corrected chi connectivity index (χ3v) is 11.2. The molecule has 5 amide bonds. The van der Waals surface area contributed by atoms with Crippen LogP contribution in [0.1, 0.15) is 67.5 Å². The zero-order chi connectivity index (χ0) is 42.3. The fourth-order valence-electron chi connectivity index (χ4n) is 7.51. The number of aryl methyl sites for hydroxylation is 1. The normalized spacial score (nSPS) is 19.3. The summed E-state index contributed by atoms with van der Waals surface area (Å²) in [5, 5.41) is 20.9. The molecule has 0 aliphatic carbocycles. The standard InChI is InChI=1S/C40H45BrN10O9/c1-48-20-26(18-27(21-48)44-30-19-43-49(2)40(57)35(30)41)24-6-8-25(9-7-24)36(53)42-12-14-58-15-13-50-22-28(46-47-50)23-59-16-17-60-32-5-3-4-29-34(32)39(56)51(38(29)55)31-10-11-33(52)45-37(31)54/h3-9,19,22,26-27,31,44H,10-18,20-21,23H2,1-2H3,(H,42,53)(H,45,52,54)/t26-,27+,31?/m1/s1. The Labute approximate surface area is 352 Å². The summed E-state index contributed by atoms with van der Waals surface area (Å²) in [6, 6.07) is 11.4. The first-order valence-corrected chi connectivity index (χ1v) is 20.3. The minimum Gasteiger partial charge on any atom is -0.490 e. The highest BCUT2D eigenvalue weighted by atomic mass is 79.9. The lowest BCUT2D eigenvalue weighted by Gasteiger charge is -2.37. The molecule has 1 unspecified atom stereocenters. The largest absolute Gasteiger partial charge is 0.490 e. The molecule has 0 saturated carbocycles. The molecule has 2 aromatic carbocycles. The summed E-state index contributed by atoms with van der Waals surface area (Å²) in [6.45, 7) is 3.54. The fourth-order valence-corrected chi connectivity index (χ4v) is 7.98. The highest BCUT2D eigenvalue weighted by Gasteiger charge is 2.46. The Bertz CT molecular complexity index is 2320. The number of imide groups is 2. The van der Waals surface area contributed by atoms with Crippen molar-refractivity contribution < 1.29 is 38.2 Å². The van der Waals surface area contributed by atoms with Gasteiger partial charge in [0, 0.05) is 44.7 Å². The Balaban J connectivity index is 0.773. The van der Waals surface area contributed by atoms with E-state index in [-0.39, 0.29) is 73.0 Å². The van der Waals surface area contributed by atoms with Crippen molar-refractivity contribution in [3.63, 3.8) is 0 Å². The second-order valence-electron chi connectivity index (χ2n) is 14.8. The number of ether oxygens (including phenoxy) is 3. The van der Waals surface area contributed by atoms with E-state index < -0.39 is 29.7 Å². The number of amides is 5. The zero-order valence-electron chi connectivity index (χ0n) is 33.1. The molecule has 2 aromatic heterocycles. The molecule has 0 bridgehead atoms. The highest BCUT2D eigenvalue weighted by Crippen LogP contribution is 2.34. The van der Waals surface area contributed by atoms with Crippen LogP contribution in [0.3, 0.4) is 0 Å². The maximum absolute atomic E-state index is 13.2. The van der Waals surface area contributed by atoms with Crippen LogP contribution < -0.4 is 26.2 Å². The minimum atomic E-state index is -1.06. The van der Waals surface area contributed by atoms with Crippen LogP contribution in [0.5, 0.6) is 5.75 Å². The highest BCUT2D eigenvalue weighted by molar-refractivity contribution is 9.10. The maximum Gasteiger partial charge on any atom is 0.282 e. The number of likely N-dealkylation sites (N-methyl/N-ethyl adjacent to an activating group) is 1. The second-order valence-corrected chi connectivity index (χ2v) is 15.6. The lowest BCUT2D eigenvalue weighted by molar-refractivity contribution is -0.136. The Kier molecular flexibility index (Phi) is 13.4. The van der Waals surface area contributed by atoms with Gasteiger partial charge >= 0.3 is 0 Å². The number of anilines is 1. The number of benzene rings is 2. The number of likely N-dealkylation sites (tertiary alicyclic amines) is 1. The molecule has 4 aromatic rings. The molecular formula is C40H45BrN10O9. The van der Waals surface area contributed by atoms with Gasteiger partial charge in [-0.05, 0) is 71.6 Å². The first-order valence-electron chi connectivity index (χ1n) is 19.5. The van der Waals surface area contributed by atoms with Crippen molar-refractivity contribution in [2.45, 2.75) is 50.4 Å². The van der Waals surface area contributed by atoms with Crippen molar-refractivity contribution in [3.8, 4) is 5.75 Å². The first kappa shape index (κ1) is 42.3. The van der Waals surface area contributed by atoms with Gasteiger partial charge in [0.05, 0.1) is 62.2 Å². The number of halogens is 1. The van der Waals surface area contributed by atoms with Crippen LogP contribution in [0.25, 0.3) is 0 Å². The number of fused-ring (bicyclic) bond motifs is 1. The fraction of sp³-hybridized carbons (Fsp3) is 0.425. The zero-order valence-corrected chi connectivity index (χ0v) is 34.7. The van der Waals surface area contributed by atoms with Crippen LogP contribution in [0.15, 0.2) is 64.1 Å². The number of nitrogens with zero attached hydrogens (tertiary/aromatic N) is 7. The molecule has 3 aliphatic rings. The molecule has 0 spiro atoms. The van der Waals surface area contributed by atoms with E-state index in [1.54, 1.807) is 36.3 Å². The van der Waals surface area contributed by atoms with E-state index in [1.807, 2.05) is 24.3 Å². The molecule has 7 rings (SSSR count). The summed E-state index contributed by atoms with van der Waals surface area (Å²) in [5.74, 6) is -2.12. The van der Waals surface area contributed by atoms with Crippen molar-refractivity contribution in [3.05, 3.63) is 97.6 Å². The van der Waals surface area contributed by atoms with Crippen molar-refractivity contribution in [1.82, 2.24) is 45.2 Å². The number of piperidine rings is 2. The van der Waals surface area contributed by atoms with Crippen LogP contribution in [-0.2, 0) is 39.3 Å². The minimum absolute atomic E-state index is 0.0337. The molecule has 316 valence electrons. The van der Waals surface area contributed by atoms with Crippen molar-refractivity contribution in [2.75, 3.05) is 58.4 Å². The van der Waals surface area contributed by atoms with E-state index in [0.717, 1.165) is 30.0 Å². The molecule has 5 heterocycles. The number of aromatic nitrogens is 5. The number of carbonyl (C=O) groups is 5. The Morgan fingerprint density at radius 2 is 1.78 bits per heavy atom. The van der Waals surface area contributed by atoms with E-state index in [4.69, 9.17) is 14.2 Å². The number of hydrogen-bond acceptors (Lipinski definition) is 14. The second kappa shape index (κ2) is 19.0. The van der Waals surface area contributed by atoms with Gasteiger partial charge in [-0.3, -0.25) is 39.0 Å². The SMILES string of the molecule is CN1C[C@@H](Nc2cnn(C)c(=O)c2Br)C[C@@H](c2ccc(C(=O)NCCOCCn3cc(COCCOc4cccc5c4C(=O)N(C4CCC(=O)NC4=O)C5=O)nn3)cc2)C1. The lowest BCUT2D eigenvalue weighted by atomic mass is 9.87. The van der Waals surface area contributed by atoms with Gasteiger partial charge in [0.1, 0.15) is 28.6 Å². The van der Waals surface area contributed by atoms with Gasteiger partial charge in [-0.25, -0.2) is 9.36 Å². The van der Waals surface area contributed by atoms with Gasteiger partial charge in [-0.2, -0.15) is 5.10 Å². The summed E-state index contributed by atoms with van der Waals surface area (Å²) in [5.41, 5.74) is 2.97. The average Bonchev–Trinajstić information content (AvgIpc) is 3.79. The van der Waals surface area contributed by atoms with Crippen molar-refractivity contribution in [2.24, 2.45) is 7.05 Å². The topological polar surface area (TPSA) is 221 Å². The van der Waals surface area contributed by atoms with E-state index in [1.165, 1.54) is 10.7 Å². The predicted molar refractivity (Wildman–Crippen MR) is 217 cm³/mol. The van der Waals surface area contributed by atoms with Gasteiger partial charge in [0.15, 0.2) is 0 Å². The van der Waals surface area contributed by atoms with Crippen LogP contribution in [0.4, 0.5) is 5.69 Å². The molecule has 60 heavy (non-hydrogen) atoms. The quantitative estimate of drug-likeness (QED) is 0.101. The van der Waals surface area contributed by atoms with Crippen molar-refractivity contribution in [1.29, 1.82) is 0 Å². The van der Waals surface area contributed by atoms with Crippen LogP contribution in [-0.4, -0.2) is 129 Å². The molecule has 2 saturated heterocycles. The number of carbonyl (C=O) groups excluding carboxylic acids is 5. The molecular weight excluding hydrogens is 844 g/mol. The molecule has 3 atom stereocenters. The predicted octanol–water partition coefficient (Wildman–Crippen LogP) is 1.48. The Morgan fingerprint density at radius 3 is 2.58 bits per heavy atom. The third-order valence-electron chi connectivity index (χ3n) is 10.5. The Morgan fingerprint density at radius 1 is 0.967 bits per heavy atom. The summed E-state index contributed by atoms with van der Waals surface area (Å²) in [4.78, 5) is 78.5. The molecule has 2 fully saturated rings. The van der Waals surface area contributed by atoms with Gasteiger partial charge in [0.2, 0.25) is 11.8 Å². The molecule has 20 heteroatoms. The van der Waals surface area contributed by atoms with Crippen LogP contribution in [0, 0.1) is 0 Å². The third kappa shape index (κ3) is 9.78. The van der Waals surface area contributed by atoms with Gasteiger partial charge < -0.3 is 29.7 Å². The van der Waals surface area contributed by atoms with E-state index >= 15 is 0 Å². The molecule has 3 aliphatic heterocycles. The average molecular weight is 890 g/mol. The van der Waals surface area contributed by atoms with Crippen LogP contribution in [0.2, 0.25) is 0 Å². The summed E-state index contributed by atoms with van der Waals surface area (Å²) in [7, 11) is 3.68. The lowest BCUT2D eigenvalue weighted by Crippen LogP contribution is -2.54. The molecule has 3 N–H and O–H groups in total. The summed E-state index contributed by atoms with van der Waals surface area (Å²) >= 11 is 3.40. The van der Waals surface area contributed by atoms with Gasteiger partial charge in [0.25, 0.3) is 23.3 Å².